The van der Waals surface area contributed by atoms with Crippen LogP contribution in [0.2, 0.25) is 0 Å². The Hall–Kier alpha value is -0.820. The average molecular weight is 231 g/mol. The number of benzene rings is 1. The fourth-order valence-electron chi connectivity index (χ4n) is 3.38. The molecule has 1 heteroatoms. The van der Waals surface area contributed by atoms with Gasteiger partial charge in [-0.2, -0.15) is 0 Å². The van der Waals surface area contributed by atoms with Crippen LogP contribution in [0.3, 0.4) is 0 Å². The predicted molar refractivity (Wildman–Crippen MR) is 74.5 cm³/mol. The Morgan fingerprint density at radius 3 is 2.29 bits per heavy atom. The van der Waals surface area contributed by atoms with Gasteiger partial charge in [-0.05, 0) is 44.2 Å². The lowest BCUT2D eigenvalue weighted by molar-refractivity contribution is 0.163. The van der Waals surface area contributed by atoms with Gasteiger partial charge in [0.25, 0.3) is 0 Å². The first-order valence-corrected chi connectivity index (χ1v) is 6.97. The van der Waals surface area contributed by atoms with Crippen molar-refractivity contribution >= 4 is 0 Å². The van der Waals surface area contributed by atoms with Crippen molar-refractivity contribution in [3.8, 4) is 0 Å². The second-order valence-corrected chi connectivity index (χ2v) is 5.50. The van der Waals surface area contributed by atoms with Crippen LogP contribution in [-0.2, 0) is 0 Å². The second kappa shape index (κ2) is 5.22. The monoisotopic (exact) mass is 231 g/mol. The predicted octanol–water partition coefficient (Wildman–Crippen LogP) is 3.80. The van der Waals surface area contributed by atoms with Gasteiger partial charge in [0.2, 0.25) is 0 Å². The Morgan fingerprint density at radius 1 is 1.12 bits per heavy atom. The van der Waals surface area contributed by atoms with Crippen LogP contribution in [-0.4, -0.2) is 12.6 Å². The van der Waals surface area contributed by atoms with E-state index in [4.69, 9.17) is 0 Å². The van der Waals surface area contributed by atoms with Crippen LogP contribution in [0.5, 0.6) is 0 Å². The summed E-state index contributed by atoms with van der Waals surface area (Å²) in [5.74, 6) is 1.61. The summed E-state index contributed by atoms with van der Waals surface area (Å²) < 4.78 is 0. The van der Waals surface area contributed by atoms with Crippen LogP contribution in [0.4, 0.5) is 0 Å². The Morgan fingerprint density at radius 2 is 1.76 bits per heavy atom. The molecular formula is C16H25N. The minimum atomic E-state index is 0.746. The Kier molecular flexibility index (Phi) is 3.88. The molecule has 1 aromatic carbocycles. The summed E-state index contributed by atoms with van der Waals surface area (Å²) in [6.07, 6.45) is 2.60. The van der Waals surface area contributed by atoms with Crippen molar-refractivity contribution in [1.82, 2.24) is 5.32 Å². The van der Waals surface area contributed by atoms with E-state index in [0.717, 1.165) is 24.4 Å². The van der Waals surface area contributed by atoms with Crippen molar-refractivity contribution in [2.45, 2.75) is 52.5 Å². The van der Waals surface area contributed by atoms with Gasteiger partial charge in [-0.15, -0.1) is 0 Å². The van der Waals surface area contributed by atoms with Crippen molar-refractivity contribution in [1.29, 1.82) is 0 Å². The molecule has 2 rings (SSSR count). The first-order valence-electron chi connectivity index (χ1n) is 6.97. The maximum absolute atomic E-state index is 3.61. The standard InChI is InChI=1S/C16H25N/c1-5-14-15(10-16(14)17-6-2)13-8-11(3)7-12(4)9-13/h7-9,14-17H,5-6,10H2,1-4H3. The van der Waals surface area contributed by atoms with E-state index < -0.39 is 0 Å². The summed E-state index contributed by atoms with van der Waals surface area (Å²) in [4.78, 5) is 0. The smallest absolute Gasteiger partial charge is 0.0107 e. The number of nitrogens with one attached hydrogen (secondary N) is 1. The Bertz CT molecular complexity index is 363. The molecule has 0 aliphatic heterocycles. The summed E-state index contributed by atoms with van der Waals surface area (Å²) in [6.45, 7) is 10.0. The van der Waals surface area contributed by atoms with Gasteiger partial charge in [-0.25, -0.2) is 0 Å². The molecule has 3 unspecified atom stereocenters. The third-order valence-electron chi connectivity index (χ3n) is 4.15. The van der Waals surface area contributed by atoms with E-state index >= 15 is 0 Å². The highest BCUT2D eigenvalue weighted by atomic mass is 14.9. The second-order valence-electron chi connectivity index (χ2n) is 5.50. The first kappa shape index (κ1) is 12.6. The molecular weight excluding hydrogens is 206 g/mol. The van der Waals surface area contributed by atoms with Gasteiger partial charge >= 0.3 is 0 Å². The molecule has 1 aromatic rings. The normalized spacial score (nSPS) is 27.9. The summed E-state index contributed by atoms with van der Waals surface area (Å²) >= 11 is 0. The van der Waals surface area contributed by atoms with E-state index in [1.54, 1.807) is 5.56 Å². The molecule has 17 heavy (non-hydrogen) atoms. The van der Waals surface area contributed by atoms with Gasteiger partial charge in [-0.3, -0.25) is 0 Å². The summed E-state index contributed by atoms with van der Waals surface area (Å²) in [6, 6.07) is 7.77. The zero-order valence-electron chi connectivity index (χ0n) is 11.6. The molecule has 0 heterocycles. The van der Waals surface area contributed by atoms with E-state index in [2.05, 4.69) is 51.2 Å². The third kappa shape index (κ3) is 2.55. The van der Waals surface area contributed by atoms with Crippen LogP contribution in [0.1, 0.15) is 49.3 Å². The van der Waals surface area contributed by atoms with Gasteiger partial charge in [0.1, 0.15) is 0 Å². The molecule has 0 aromatic heterocycles. The molecule has 1 nitrogen and oxygen atoms in total. The van der Waals surface area contributed by atoms with Crippen LogP contribution in [0.25, 0.3) is 0 Å². The van der Waals surface area contributed by atoms with Crippen LogP contribution in [0.15, 0.2) is 18.2 Å². The van der Waals surface area contributed by atoms with E-state index in [-0.39, 0.29) is 0 Å². The molecule has 94 valence electrons. The number of hydrogen-bond acceptors (Lipinski definition) is 1. The van der Waals surface area contributed by atoms with Crippen LogP contribution in [0, 0.1) is 19.8 Å². The van der Waals surface area contributed by atoms with Gasteiger partial charge in [0.15, 0.2) is 0 Å². The minimum absolute atomic E-state index is 0.746. The molecule has 1 saturated carbocycles. The fourth-order valence-corrected chi connectivity index (χ4v) is 3.38. The van der Waals surface area contributed by atoms with Crippen molar-refractivity contribution in [2.75, 3.05) is 6.54 Å². The molecule has 0 bridgehead atoms. The van der Waals surface area contributed by atoms with Crippen LogP contribution >= 0.6 is 0 Å². The van der Waals surface area contributed by atoms with E-state index in [1.165, 1.54) is 24.0 Å². The number of rotatable bonds is 4. The zero-order chi connectivity index (χ0) is 12.4. The molecule has 0 radical (unpaired) electrons. The molecule has 0 saturated heterocycles. The van der Waals surface area contributed by atoms with Gasteiger partial charge < -0.3 is 5.32 Å². The van der Waals surface area contributed by atoms with Crippen molar-refractivity contribution in [3.05, 3.63) is 34.9 Å². The number of hydrogen-bond donors (Lipinski definition) is 1. The highest BCUT2D eigenvalue weighted by Gasteiger charge is 2.39. The highest BCUT2D eigenvalue weighted by molar-refractivity contribution is 5.33. The lowest BCUT2D eigenvalue weighted by Crippen LogP contribution is -2.48. The molecule has 0 amide bonds. The third-order valence-corrected chi connectivity index (χ3v) is 4.15. The molecule has 1 aliphatic rings. The summed E-state index contributed by atoms with van der Waals surface area (Å²) in [5.41, 5.74) is 4.37. The Balaban J connectivity index is 2.13. The van der Waals surface area contributed by atoms with Gasteiger partial charge in [0, 0.05) is 6.04 Å². The zero-order valence-corrected chi connectivity index (χ0v) is 11.6. The van der Waals surface area contributed by atoms with Gasteiger partial charge in [0.05, 0.1) is 0 Å². The lowest BCUT2D eigenvalue weighted by Gasteiger charge is -2.45. The molecule has 0 spiro atoms. The number of aryl methyl sites for hydroxylation is 2. The highest BCUT2D eigenvalue weighted by Crippen LogP contribution is 2.44. The van der Waals surface area contributed by atoms with Crippen molar-refractivity contribution in [2.24, 2.45) is 5.92 Å². The Labute approximate surface area is 106 Å². The maximum Gasteiger partial charge on any atom is 0.0107 e. The first-order chi connectivity index (χ1) is 8.15. The maximum atomic E-state index is 3.61. The van der Waals surface area contributed by atoms with E-state index in [9.17, 15) is 0 Å². The summed E-state index contributed by atoms with van der Waals surface area (Å²) in [7, 11) is 0. The minimum Gasteiger partial charge on any atom is -0.314 e. The van der Waals surface area contributed by atoms with E-state index in [0.29, 0.717) is 0 Å². The topological polar surface area (TPSA) is 12.0 Å². The fraction of sp³-hybridized carbons (Fsp3) is 0.625. The lowest BCUT2D eigenvalue weighted by atomic mass is 9.64. The molecule has 1 N–H and O–H groups in total. The SMILES string of the molecule is CCNC1CC(c2cc(C)cc(C)c2)C1CC. The quantitative estimate of drug-likeness (QED) is 0.831. The molecule has 1 aliphatic carbocycles. The average Bonchev–Trinajstić information content (AvgIpc) is 2.22. The molecule has 3 atom stereocenters. The molecule has 1 fully saturated rings. The largest absolute Gasteiger partial charge is 0.314 e. The van der Waals surface area contributed by atoms with Crippen LogP contribution < -0.4 is 5.32 Å². The van der Waals surface area contributed by atoms with E-state index in [1.807, 2.05) is 0 Å². The van der Waals surface area contributed by atoms with Crippen molar-refractivity contribution < 1.29 is 0 Å². The van der Waals surface area contributed by atoms with Gasteiger partial charge in [-0.1, -0.05) is 49.6 Å². The van der Waals surface area contributed by atoms with Crippen molar-refractivity contribution in [3.63, 3.8) is 0 Å². The summed E-state index contributed by atoms with van der Waals surface area (Å²) in [5, 5.41) is 3.61.